The van der Waals surface area contributed by atoms with Crippen molar-refractivity contribution >= 4 is 29.1 Å². The minimum absolute atomic E-state index is 0.0247. The zero-order valence-electron chi connectivity index (χ0n) is 8.47. The molecule has 0 aliphatic heterocycles. The van der Waals surface area contributed by atoms with Crippen LogP contribution in [0.5, 0.6) is 0 Å². The van der Waals surface area contributed by atoms with Crippen molar-refractivity contribution in [2.45, 2.75) is 16.2 Å². The van der Waals surface area contributed by atoms with Crippen LogP contribution < -0.4 is 5.73 Å². The summed E-state index contributed by atoms with van der Waals surface area (Å²) in [5, 5.41) is 7.22. The first-order valence-electron chi connectivity index (χ1n) is 4.44. The Morgan fingerprint density at radius 2 is 2.31 bits per heavy atom. The van der Waals surface area contributed by atoms with Gasteiger partial charge in [0.05, 0.1) is 0 Å². The third-order valence-electron chi connectivity index (χ3n) is 1.73. The van der Waals surface area contributed by atoms with Crippen molar-refractivity contribution in [1.82, 2.24) is 14.3 Å². The van der Waals surface area contributed by atoms with E-state index in [-0.39, 0.29) is 5.84 Å². The molecule has 0 amide bonds. The summed E-state index contributed by atoms with van der Waals surface area (Å²) >= 11 is 2.86. The van der Waals surface area contributed by atoms with Crippen molar-refractivity contribution in [2.75, 3.05) is 0 Å². The summed E-state index contributed by atoms with van der Waals surface area (Å²) in [6.45, 7) is 1.86. The Kier molecular flexibility index (Phi) is 3.16. The summed E-state index contributed by atoms with van der Waals surface area (Å²) in [4.78, 5) is 9.27. The Bertz CT molecular complexity index is 505. The molecule has 0 atom stereocenters. The van der Waals surface area contributed by atoms with Crippen LogP contribution in [0.25, 0.3) is 0 Å². The molecule has 2 aromatic heterocycles. The second-order valence-electron chi connectivity index (χ2n) is 3.00. The van der Waals surface area contributed by atoms with Gasteiger partial charge in [0, 0.05) is 11.1 Å². The number of nitrogens with one attached hydrogen (secondary N) is 1. The summed E-state index contributed by atoms with van der Waals surface area (Å²) in [7, 11) is 0. The number of amidine groups is 1. The van der Waals surface area contributed by atoms with Crippen LogP contribution in [0, 0.1) is 12.3 Å². The van der Waals surface area contributed by atoms with Crippen LogP contribution in [-0.2, 0) is 0 Å². The summed E-state index contributed by atoms with van der Waals surface area (Å²) in [5.74, 6) is 0.754. The third-order valence-corrected chi connectivity index (χ3v) is 3.55. The van der Waals surface area contributed by atoms with Crippen LogP contribution in [0.15, 0.2) is 27.6 Å². The van der Waals surface area contributed by atoms with Gasteiger partial charge in [-0.1, -0.05) is 11.8 Å². The number of aryl methyl sites for hydroxylation is 1. The number of nitrogen functional groups attached to an aromatic ring is 1. The van der Waals surface area contributed by atoms with E-state index in [0.717, 1.165) is 15.1 Å². The summed E-state index contributed by atoms with van der Waals surface area (Å²) in [5.41, 5.74) is 5.80. The van der Waals surface area contributed by atoms with Crippen LogP contribution in [0.2, 0.25) is 0 Å². The van der Waals surface area contributed by atoms with Gasteiger partial charge in [-0.05, 0) is 30.6 Å². The Morgan fingerprint density at radius 3 is 2.81 bits per heavy atom. The SMILES string of the molecule is Cc1nsc(Sc2ccc(C(=N)N)nc2)n1. The number of hydrogen-bond donors (Lipinski definition) is 2. The lowest BCUT2D eigenvalue weighted by Gasteiger charge is -1.99. The van der Waals surface area contributed by atoms with E-state index in [1.165, 1.54) is 23.3 Å². The van der Waals surface area contributed by atoms with Crippen molar-refractivity contribution in [2.24, 2.45) is 5.73 Å². The van der Waals surface area contributed by atoms with Crippen LogP contribution >= 0.6 is 23.3 Å². The van der Waals surface area contributed by atoms with Gasteiger partial charge in [-0.2, -0.15) is 4.37 Å². The predicted molar refractivity (Wildman–Crippen MR) is 64.0 cm³/mol. The van der Waals surface area contributed by atoms with Gasteiger partial charge in [0.25, 0.3) is 0 Å². The lowest BCUT2D eigenvalue weighted by molar-refractivity contribution is 1.10. The summed E-state index contributed by atoms with van der Waals surface area (Å²) in [6, 6.07) is 3.59. The van der Waals surface area contributed by atoms with Crippen LogP contribution in [0.3, 0.4) is 0 Å². The largest absolute Gasteiger partial charge is 0.382 e. The van der Waals surface area contributed by atoms with Crippen molar-refractivity contribution in [3.8, 4) is 0 Å². The van der Waals surface area contributed by atoms with E-state index in [4.69, 9.17) is 11.1 Å². The highest BCUT2D eigenvalue weighted by Crippen LogP contribution is 2.28. The molecule has 7 heteroatoms. The van der Waals surface area contributed by atoms with Crippen molar-refractivity contribution in [1.29, 1.82) is 5.41 Å². The molecule has 82 valence electrons. The standard InChI is InChI=1S/C9H9N5S2/c1-5-13-9(16-14-5)15-6-2-3-7(8(10)11)12-4-6/h2-4H,1H3,(H3,10,11). The number of pyridine rings is 1. The molecule has 16 heavy (non-hydrogen) atoms. The molecule has 0 saturated heterocycles. The Labute approximate surface area is 101 Å². The van der Waals surface area contributed by atoms with E-state index in [9.17, 15) is 0 Å². The van der Waals surface area contributed by atoms with Crippen LogP contribution in [-0.4, -0.2) is 20.2 Å². The quantitative estimate of drug-likeness (QED) is 0.640. The Morgan fingerprint density at radius 1 is 1.50 bits per heavy atom. The molecule has 0 aromatic carbocycles. The highest BCUT2D eigenvalue weighted by atomic mass is 32.2. The van der Waals surface area contributed by atoms with Crippen LogP contribution in [0.4, 0.5) is 0 Å². The average Bonchev–Trinajstić information content (AvgIpc) is 2.65. The Balaban J connectivity index is 2.14. The minimum atomic E-state index is -0.0247. The van der Waals surface area contributed by atoms with E-state index < -0.39 is 0 Å². The van der Waals surface area contributed by atoms with Crippen molar-refractivity contribution in [3.05, 3.63) is 29.8 Å². The smallest absolute Gasteiger partial charge is 0.174 e. The number of nitrogens with zero attached hydrogens (tertiary/aromatic N) is 3. The topological polar surface area (TPSA) is 88.5 Å². The lowest BCUT2D eigenvalue weighted by atomic mass is 10.3. The molecule has 0 spiro atoms. The van der Waals surface area contributed by atoms with Gasteiger partial charge in [-0.15, -0.1) is 0 Å². The van der Waals surface area contributed by atoms with Gasteiger partial charge in [-0.3, -0.25) is 10.4 Å². The highest BCUT2D eigenvalue weighted by molar-refractivity contribution is 8.01. The maximum atomic E-state index is 7.22. The van der Waals surface area contributed by atoms with E-state index in [0.29, 0.717) is 5.69 Å². The molecular formula is C9H9N5S2. The van der Waals surface area contributed by atoms with Crippen LogP contribution in [0.1, 0.15) is 11.5 Å². The van der Waals surface area contributed by atoms with Gasteiger partial charge in [0.1, 0.15) is 17.4 Å². The lowest BCUT2D eigenvalue weighted by Crippen LogP contribution is -2.12. The second kappa shape index (κ2) is 4.58. The molecule has 0 bridgehead atoms. The first-order chi connectivity index (χ1) is 7.65. The van der Waals surface area contributed by atoms with Crippen molar-refractivity contribution < 1.29 is 0 Å². The molecule has 0 unspecified atom stereocenters. The number of nitrogens with two attached hydrogens (primary N) is 1. The molecule has 0 saturated carbocycles. The van der Waals surface area contributed by atoms with Gasteiger partial charge in [-0.25, -0.2) is 4.98 Å². The number of aromatic nitrogens is 3. The fraction of sp³-hybridized carbons (Fsp3) is 0.111. The van der Waals surface area contributed by atoms with Gasteiger partial charge < -0.3 is 5.73 Å². The summed E-state index contributed by atoms with van der Waals surface area (Å²) < 4.78 is 4.98. The molecule has 0 fully saturated rings. The molecule has 2 heterocycles. The maximum absolute atomic E-state index is 7.22. The van der Waals surface area contributed by atoms with E-state index >= 15 is 0 Å². The molecule has 2 rings (SSSR count). The molecule has 5 nitrogen and oxygen atoms in total. The maximum Gasteiger partial charge on any atom is 0.174 e. The molecule has 0 aliphatic carbocycles. The fourth-order valence-electron chi connectivity index (χ4n) is 1.02. The van der Waals surface area contributed by atoms with Gasteiger partial charge >= 0.3 is 0 Å². The van der Waals surface area contributed by atoms with Gasteiger partial charge in [0.15, 0.2) is 4.34 Å². The minimum Gasteiger partial charge on any atom is -0.382 e. The first-order valence-corrected chi connectivity index (χ1v) is 6.03. The van der Waals surface area contributed by atoms with Gasteiger partial charge in [0.2, 0.25) is 0 Å². The normalized spacial score (nSPS) is 10.3. The fourth-order valence-corrected chi connectivity index (χ4v) is 2.61. The highest BCUT2D eigenvalue weighted by Gasteiger charge is 2.04. The average molecular weight is 251 g/mol. The number of rotatable bonds is 3. The van der Waals surface area contributed by atoms with E-state index in [1.54, 1.807) is 12.3 Å². The zero-order valence-corrected chi connectivity index (χ0v) is 10.1. The number of hydrogen-bond acceptors (Lipinski definition) is 6. The van der Waals surface area contributed by atoms with Crippen molar-refractivity contribution in [3.63, 3.8) is 0 Å². The van der Waals surface area contributed by atoms with E-state index in [1.807, 2.05) is 13.0 Å². The monoisotopic (exact) mass is 251 g/mol. The van der Waals surface area contributed by atoms with E-state index in [2.05, 4.69) is 14.3 Å². The molecule has 2 aromatic rings. The zero-order chi connectivity index (χ0) is 11.5. The predicted octanol–water partition coefficient (Wildman–Crippen LogP) is 1.68. The molecule has 0 radical (unpaired) electrons. The molecule has 3 N–H and O–H groups in total. The Hall–Kier alpha value is -1.47. The second-order valence-corrected chi connectivity index (χ2v) is 5.07. The first kappa shape index (κ1) is 11.0. The molecule has 0 aliphatic rings. The summed E-state index contributed by atoms with van der Waals surface area (Å²) in [6.07, 6.45) is 1.68. The molecular weight excluding hydrogens is 242 g/mol. The third kappa shape index (κ3) is 2.56.